The van der Waals surface area contributed by atoms with Gasteiger partial charge in [-0.3, -0.25) is 4.79 Å². The molecule has 1 amide bonds. The van der Waals surface area contributed by atoms with Crippen LogP contribution in [0, 0.1) is 0 Å². The Hall–Kier alpha value is -1.17. The molecule has 0 spiro atoms. The molecule has 0 aromatic carbocycles. The van der Waals surface area contributed by atoms with Crippen LogP contribution in [0.15, 0.2) is 11.1 Å². The van der Waals surface area contributed by atoms with Gasteiger partial charge < -0.3 is 15.8 Å². The van der Waals surface area contributed by atoms with E-state index in [1.54, 1.807) is 6.92 Å². The summed E-state index contributed by atoms with van der Waals surface area (Å²) < 4.78 is 4.68. The van der Waals surface area contributed by atoms with Crippen molar-refractivity contribution in [2.24, 2.45) is 5.73 Å². The molecule has 16 heavy (non-hydrogen) atoms. The van der Waals surface area contributed by atoms with Crippen LogP contribution in [0.5, 0.6) is 0 Å². The van der Waals surface area contributed by atoms with Gasteiger partial charge in [-0.1, -0.05) is 18.7 Å². The van der Waals surface area contributed by atoms with Crippen molar-refractivity contribution < 1.29 is 14.3 Å². The van der Waals surface area contributed by atoms with Gasteiger partial charge in [-0.15, -0.1) is 0 Å². The summed E-state index contributed by atoms with van der Waals surface area (Å²) in [7, 11) is 0. The van der Waals surface area contributed by atoms with Gasteiger partial charge in [-0.25, -0.2) is 4.79 Å². The monoisotopic (exact) mass is 246 g/mol. The van der Waals surface area contributed by atoms with E-state index in [1.807, 2.05) is 6.92 Å². The van der Waals surface area contributed by atoms with Crippen LogP contribution in [0.2, 0.25) is 0 Å². The predicted octanol–water partition coefficient (Wildman–Crippen LogP) is 0.957. The highest BCUT2D eigenvalue weighted by Gasteiger charge is 2.01. The standard InChI is InChI=1S/C10H18N2O3S/c1-3-5-9(13)12-7-16-8(11)6-10(14)15-4-2/h6H,3-5,7,11H2,1-2H3,(H,12,13)/b8-6-. The van der Waals surface area contributed by atoms with E-state index >= 15 is 0 Å². The Labute approximate surface area is 99.8 Å². The average molecular weight is 246 g/mol. The fourth-order valence-corrected chi connectivity index (χ4v) is 1.44. The predicted molar refractivity (Wildman–Crippen MR) is 64.4 cm³/mol. The summed E-state index contributed by atoms with van der Waals surface area (Å²) in [5, 5.41) is 3.00. The third kappa shape index (κ3) is 8.16. The van der Waals surface area contributed by atoms with Gasteiger partial charge in [0, 0.05) is 6.42 Å². The summed E-state index contributed by atoms with van der Waals surface area (Å²) >= 11 is 1.19. The van der Waals surface area contributed by atoms with E-state index in [0.717, 1.165) is 6.42 Å². The van der Waals surface area contributed by atoms with Gasteiger partial charge in [0.25, 0.3) is 0 Å². The number of esters is 1. The molecule has 0 radical (unpaired) electrons. The van der Waals surface area contributed by atoms with Crippen LogP contribution in [0.25, 0.3) is 0 Å². The maximum atomic E-state index is 11.1. The lowest BCUT2D eigenvalue weighted by atomic mass is 10.3. The van der Waals surface area contributed by atoms with Gasteiger partial charge in [0.1, 0.15) is 0 Å². The molecule has 0 rings (SSSR count). The first-order chi connectivity index (χ1) is 7.60. The first kappa shape index (κ1) is 14.8. The molecule has 0 bridgehead atoms. The molecule has 0 atom stereocenters. The molecule has 0 heterocycles. The van der Waals surface area contributed by atoms with Crippen LogP contribution in [-0.4, -0.2) is 24.4 Å². The van der Waals surface area contributed by atoms with Crippen molar-refractivity contribution in [1.29, 1.82) is 0 Å². The normalized spacial score (nSPS) is 11.0. The Morgan fingerprint density at radius 1 is 1.44 bits per heavy atom. The Kier molecular flexibility index (Phi) is 8.42. The summed E-state index contributed by atoms with van der Waals surface area (Å²) in [5.74, 6) is -0.119. The average Bonchev–Trinajstić information content (AvgIpc) is 2.18. The molecule has 0 aromatic rings. The van der Waals surface area contributed by atoms with E-state index in [9.17, 15) is 9.59 Å². The van der Waals surface area contributed by atoms with E-state index in [1.165, 1.54) is 17.8 Å². The topological polar surface area (TPSA) is 81.4 Å². The highest BCUT2D eigenvalue weighted by molar-refractivity contribution is 8.03. The van der Waals surface area contributed by atoms with Gasteiger partial charge in [0.05, 0.1) is 23.6 Å². The van der Waals surface area contributed by atoms with E-state index in [4.69, 9.17) is 5.73 Å². The van der Waals surface area contributed by atoms with Crippen LogP contribution < -0.4 is 11.1 Å². The summed E-state index contributed by atoms with van der Waals surface area (Å²) in [6.45, 7) is 3.97. The Balaban J connectivity index is 3.76. The van der Waals surface area contributed by atoms with Gasteiger partial charge in [-0.05, 0) is 13.3 Å². The van der Waals surface area contributed by atoms with E-state index in [0.29, 0.717) is 23.9 Å². The second-order valence-corrected chi connectivity index (χ2v) is 3.99. The molecule has 6 heteroatoms. The van der Waals surface area contributed by atoms with Crippen LogP contribution in [-0.2, 0) is 14.3 Å². The van der Waals surface area contributed by atoms with E-state index in [2.05, 4.69) is 10.1 Å². The molecule has 0 aliphatic rings. The lowest BCUT2D eigenvalue weighted by Crippen LogP contribution is -2.22. The van der Waals surface area contributed by atoms with Crippen molar-refractivity contribution in [2.45, 2.75) is 26.7 Å². The van der Waals surface area contributed by atoms with Crippen molar-refractivity contribution in [3.63, 3.8) is 0 Å². The third-order valence-corrected chi connectivity index (χ3v) is 2.27. The Bertz CT molecular complexity index is 267. The minimum absolute atomic E-state index is 0.0149. The maximum absolute atomic E-state index is 11.1. The van der Waals surface area contributed by atoms with Gasteiger partial charge in [0.15, 0.2) is 0 Å². The van der Waals surface area contributed by atoms with E-state index < -0.39 is 5.97 Å². The zero-order valence-corrected chi connectivity index (χ0v) is 10.4. The summed E-state index contributed by atoms with van der Waals surface area (Å²) in [6, 6.07) is 0. The third-order valence-electron chi connectivity index (χ3n) is 1.53. The molecular formula is C10H18N2O3S. The lowest BCUT2D eigenvalue weighted by molar-refractivity contribution is -0.137. The number of carbonyl (C=O) groups is 2. The lowest BCUT2D eigenvalue weighted by Gasteiger charge is -2.04. The maximum Gasteiger partial charge on any atom is 0.333 e. The SMILES string of the molecule is CCCC(=O)NCS/C(N)=C\C(=O)OCC. The van der Waals surface area contributed by atoms with Crippen LogP contribution in [0.1, 0.15) is 26.7 Å². The van der Waals surface area contributed by atoms with Gasteiger partial charge >= 0.3 is 5.97 Å². The van der Waals surface area contributed by atoms with Gasteiger partial charge in [0.2, 0.25) is 5.91 Å². The quantitative estimate of drug-likeness (QED) is 0.397. The fraction of sp³-hybridized carbons (Fsp3) is 0.600. The molecule has 3 N–H and O–H groups in total. The Morgan fingerprint density at radius 2 is 2.12 bits per heavy atom. The molecular weight excluding hydrogens is 228 g/mol. The second-order valence-electron chi connectivity index (χ2n) is 2.94. The number of hydrogen-bond acceptors (Lipinski definition) is 5. The van der Waals surface area contributed by atoms with E-state index in [-0.39, 0.29) is 5.91 Å². The van der Waals surface area contributed by atoms with Crippen molar-refractivity contribution in [3.8, 4) is 0 Å². The fourth-order valence-electron chi connectivity index (χ4n) is 0.857. The van der Waals surface area contributed by atoms with Crippen LogP contribution >= 0.6 is 11.8 Å². The molecule has 0 aliphatic heterocycles. The minimum Gasteiger partial charge on any atom is -0.463 e. The molecule has 92 valence electrons. The summed E-state index contributed by atoms with van der Waals surface area (Å²) in [6.07, 6.45) is 2.52. The second kappa shape index (κ2) is 9.08. The highest BCUT2D eigenvalue weighted by Crippen LogP contribution is 2.07. The zero-order chi connectivity index (χ0) is 12.4. The van der Waals surface area contributed by atoms with Crippen molar-refractivity contribution >= 4 is 23.6 Å². The molecule has 5 nitrogen and oxygen atoms in total. The number of rotatable bonds is 7. The largest absolute Gasteiger partial charge is 0.463 e. The highest BCUT2D eigenvalue weighted by atomic mass is 32.2. The molecule has 0 saturated heterocycles. The van der Waals surface area contributed by atoms with Crippen molar-refractivity contribution in [1.82, 2.24) is 5.32 Å². The zero-order valence-electron chi connectivity index (χ0n) is 9.62. The van der Waals surface area contributed by atoms with Crippen molar-refractivity contribution in [2.75, 3.05) is 12.5 Å². The molecule has 0 aromatic heterocycles. The van der Waals surface area contributed by atoms with Gasteiger partial charge in [-0.2, -0.15) is 0 Å². The molecule has 0 unspecified atom stereocenters. The first-order valence-corrected chi connectivity index (χ1v) is 6.12. The number of ether oxygens (including phenoxy) is 1. The minimum atomic E-state index is -0.465. The summed E-state index contributed by atoms with van der Waals surface area (Å²) in [5.41, 5.74) is 5.54. The van der Waals surface area contributed by atoms with Crippen LogP contribution in [0.3, 0.4) is 0 Å². The number of nitrogens with one attached hydrogen (secondary N) is 1. The van der Waals surface area contributed by atoms with Crippen LogP contribution in [0.4, 0.5) is 0 Å². The smallest absolute Gasteiger partial charge is 0.333 e. The molecule has 0 fully saturated rings. The number of carbonyl (C=O) groups excluding carboxylic acids is 2. The number of thioether (sulfide) groups is 1. The Morgan fingerprint density at radius 3 is 2.69 bits per heavy atom. The number of amides is 1. The molecule has 0 aliphatic carbocycles. The number of hydrogen-bond donors (Lipinski definition) is 2. The van der Waals surface area contributed by atoms with Crippen molar-refractivity contribution in [3.05, 3.63) is 11.1 Å². The molecule has 0 saturated carbocycles. The first-order valence-electron chi connectivity index (χ1n) is 5.13. The summed E-state index contributed by atoms with van der Waals surface area (Å²) in [4.78, 5) is 22.0. The number of nitrogens with two attached hydrogens (primary N) is 1.